The molecule has 26 heteroatoms. The normalized spacial score (nSPS) is 13.7. The summed E-state index contributed by atoms with van der Waals surface area (Å²) in [5, 5.41) is 14.9. The molecule has 4 atom stereocenters. The first-order chi connectivity index (χ1) is 44.6. The zero-order valence-corrected chi connectivity index (χ0v) is 58.6. The fourth-order valence-corrected chi connectivity index (χ4v) is 10.9. The summed E-state index contributed by atoms with van der Waals surface area (Å²) in [6.07, 6.45) is 25.8. The Labute approximate surface area is 562 Å². The minimum Gasteiger partial charge on any atom is -0.368 e. The summed E-state index contributed by atoms with van der Waals surface area (Å²) in [4.78, 5) is 85.4. The number of fused-ring (bicyclic) bond motifs is 4. The van der Waals surface area contributed by atoms with Crippen LogP contribution in [0.3, 0.4) is 0 Å². The van der Waals surface area contributed by atoms with Gasteiger partial charge < -0.3 is 58.6 Å². The van der Waals surface area contributed by atoms with Gasteiger partial charge in [-0.15, -0.1) is 0 Å². The number of carbonyl (C=O) groups excluding carboxylic acids is 3. The van der Waals surface area contributed by atoms with E-state index in [0.717, 1.165) is 114 Å². The highest BCUT2D eigenvalue weighted by atomic mass is 35.5. The summed E-state index contributed by atoms with van der Waals surface area (Å²) in [6.45, 7) is 24.2. The molecule has 8 aromatic heterocycles. The molecule has 12 N–H and O–H groups in total. The highest BCUT2D eigenvalue weighted by molar-refractivity contribution is 6.31. The Kier molecular flexibility index (Phi) is 29.8. The number of nitrogens with two attached hydrogens (primary N) is 4. The molecule has 8 rings (SSSR count). The lowest BCUT2D eigenvalue weighted by molar-refractivity contribution is -0.118. The Hall–Kier alpha value is -8.12. The number of hydrogen-bond donors (Lipinski definition) is 8. The van der Waals surface area contributed by atoms with Gasteiger partial charge in [0.05, 0.1) is 38.3 Å². The van der Waals surface area contributed by atoms with Gasteiger partial charge in [0, 0.05) is 66.1 Å². The monoisotopic (exact) mass is 1330 g/mol. The number of unbranched alkanes of at least 4 members (excludes halogenated alkanes) is 6. The van der Waals surface area contributed by atoms with Gasteiger partial charge in [-0.2, -0.15) is 19.9 Å². The molecule has 510 valence electrons. The highest BCUT2D eigenvalue weighted by Gasteiger charge is 2.30. The third-order valence-electron chi connectivity index (χ3n) is 16.4. The molecule has 0 aromatic carbocycles. The van der Waals surface area contributed by atoms with Crippen molar-refractivity contribution in [3.63, 3.8) is 0 Å². The SMILES string of the molecule is CCCCC[C@@](C)(CCC(C)=O)Nc1nc(N)nc2cc(Cl)cnc12.CCCCC[C@@](C)(CCC(C)=O)Nc1nc(N)nc2cccnc12.CCCC[C@@](C)(CC)Nc1nc(N)nc2cc(Cl)cnc12.CCCC[C@@](C)(CCC(C)=O)Nc1nc(N)nc2cc(F)cnc12. The van der Waals surface area contributed by atoms with Gasteiger partial charge in [-0.3, -0.25) is 4.98 Å². The average Bonchev–Trinajstić information content (AvgIpc) is 0.854. The molecule has 8 heterocycles. The second-order valence-electron chi connectivity index (χ2n) is 25.5. The molecule has 0 aliphatic heterocycles. The maximum atomic E-state index is 13.4. The molecule has 0 saturated carbocycles. The molecule has 0 aliphatic rings. The number of pyridine rings is 4. The number of nitrogen functional groups attached to an aromatic ring is 4. The minimum absolute atomic E-state index is 0.0367. The van der Waals surface area contributed by atoms with E-state index in [0.29, 0.717) is 97.6 Å². The van der Waals surface area contributed by atoms with Gasteiger partial charge in [-0.1, -0.05) is 122 Å². The van der Waals surface area contributed by atoms with Gasteiger partial charge in [0.25, 0.3) is 0 Å². The van der Waals surface area contributed by atoms with Crippen molar-refractivity contribution in [2.45, 2.75) is 240 Å². The van der Waals surface area contributed by atoms with E-state index in [1.807, 2.05) is 12.1 Å². The Morgan fingerprint density at radius 3 is 1.11 bits per heavy atom. The van der Waals surface area contributed by atoms with E-state index < -0.39 is 5.82 Å². The Morgan fingerprint density at radius 2 is 0.745 bits per heavy atom. The molecule has 94 heavy (non-hydrogen) atoms. The summed E-state index contributed by atoms with van der Waals surface area (Å²) in [5.41, 5.74) is 27.2. The molecule has 0 amide bonds. The summed E-state index contributed by atoms with van der Waals surface area (Å²) < 4.78 is 13.4. The van der Waals surface area contributed by atoms with Gasteiger partial charge >= 0.3 is 0 Å². The summed E-state index contributed by atoms with van der Waals surface area (Å²) in [5.74, 6) is 3.09. The topological polar surface area (TPSA) is 358 Å². The van der Waals surface area contributed by atoms with Crippen LogP contribution in [0.25, 0.3) is 44.1 Å². The molecular weight excluding hydrogens is 1230 g/mol. The molecule has 0 aliphatic carbocycles. The van der Waals surface area contributed by atoms with Crippen LogP contribution >= 0.6 is 23.2 Å². The fraction of sp³-hybridized carbons (Fsp3) is 0.544. The van der Waals surface area contributed by atoms with Crippen molar-refractivity contribution in [3.05, 3.63) is 71.0 Å². The van der Waals surface area contributed by atoms with Crippen LogP contribution in [0, 0.1) is 5.82 Å². The average molecular weight is 1330 g/mol. The van der Waals surface area contributed by atoms with Crippen molar-refractivity contribution >= 4 is 132 Å². The predicted octanol–water partition coefficient (Wildman–Crippen LogP) is 15.6. The molecule has 0 saturated heterocycles. The molecule has 0 radical (unpaired) electrons. The number of nitrogens with zero attached hydrogens (tertiary/aromatic N) is 12. The summed E-state index contributed by atoms with van der Waals surface area (Å²) >= 11 is 12.0. The number of ketones is 3. The number of halogens is 3. The first kappa shape index (κ1) is 76.6. The van der Waals surface area contributed by atoms with E-state index in [1.54, 1.807) is 51.5 Å². The summed E-state index contributed by atoms with van der Waals surface area (Å²) in [6, 6.07) is 8.45. The molecule has 0 fully saturated rings. The smallest absolute Gasteiger partial charge is 0.222 e. The lowest BCUT2D eigenvalue weighted by atomic mass is 9.88. The van der Waals surface area contributed by atoms with E-state index in [2.05, 4.69) is 143 Å². The van der Waals surface area contributed by atoms with E-state index in [9.17, 15) is 18.8 Å². The quantitative estimate of drug-likeness (QED) is 0.0182. The van der Waals surface area contributed by atoms with Gasteiger partial charge in [0.1, 0.15) is 45.2 Å². The van der Waals surface area contributed by atoms with Crippen molar-refractivity contribution in [2.75, 3.05) is 44.2 Å². The van der Waals surface area contributed by atoms with Crippen LogP contribution in [-0.4, -0.2) is 99.3 Å². The van der Waals surface area contributed by atoms with E-state index >= 15 is 0 Å². The molecular formula is C68H99Cl2FN20O3. The second kappa shape index (κ2) is 36.5. The van der Waals surface area contributed by atoms with E-state index in [-0.39, 0.29) is 63.3 Å². The van der Waals surface area contributed by atoms with Crippen molar-refractivity contribution < 1.29 is 18.8 Å². The molecule has 0 unspecified atom stereocenters. The standard InChI is InChI=1S/C18H26ClN5O.C18H27N5O.C17H24FN5O.C15H22ClN5/c1-4-5-6-8-18(3,9-7-12(2)25)24-16-15-14(22-17(20)23-16)10-13(19)11-21-15;1-4-5-6-10-18(3,11-9-13(2)24)23-16-15-14(8-7-12-20-15)21-17(19)22-16;1-4-5-7-17(3,8-6-11(2)24)23-15-14-13(21-16(19)22-15)9-12(18)10-20-14;1-4-6-7-15(3,5-2)21-13-12-11(19-14(17)20-13)8-10(16)9-18-12/h10-11H,4-9H2,1-3H3,(H3,20,22,23,24);7-8,12H,4-6,9-11H2,1-3H3,(H3,19,21,22,23);9-10H,4-8H2,1-3H3,(H3,19,21,22,23);8-9H,4-7H2,1-3H3,(H3,17,19,20,21)/t2*18-;17-;15-/m0001/s1. The number of Topliss-reactive ketones (excluding diaryl/α,β-unsaturated/α-hetero) is 3. The minimum atomic E-state index is -0.475. The maximum Gasteiger partial charge on any atom is 0.222 e. The number of rotatable bonds is 32. The molecule has 0 bridgehead atoms. The zero-order valence-electron chi connectivity index (χ0n) is 57.1. The van der Waals surface area contributed by atoms with Crippen LogP contribution in [0.15, 0.2) is 55.1 Å². The Bertz CT molecular complexity index is 3780. The lowest BCUT2D eigenvalue weighted by Crippen LogP contribution is -2.36. The maximum absolute atomic E-state index is 13.4. The number of aromatic nitrogens is 12. The van der Waals surface area contributed by atoms with Gasteiger partial charge in [0.15, 0.2) is 23.3 Å². The first-order valence-corrected chi connectivity index (χ1v) is 33.6. The van der Waals surface area contributed by atoms with Crippen LogP contribution in [0.2, 0.25) is 10.0 Å². The Balaban J connectivity index is 0.000000227. The molecule has 0 spiro atoms. The number of anilines is 8. The van der Waals surface area contributed by atoms with Crippen LogP contribution in [0.4, 0.5) is 51.5 Å². The number of carbonyl (C=O) groups is 3. The molecule has 23 nitrogen and oxygen atoms in total. The first-order valence-electron chi connectivity index (χ1n) is 32.8. The summed E-state index contributed by atoms with van der Waals surface area (Å²) in [7, 11) is 0. The highest BCUT2D eigenvalue weighted by Crippen LogP contribution is 2.34. The number of hydrogen-bond acceptors (Lipinski definition) is 23. The van der Waals surface area contributed by atoms with Crippen molar-refractivity contribution in [1.29, 1.82) is 0 Å². The van der Waals surface area contributed by atoms with Crippen LogP contribution in [0.5, 0.6) is 0 Å². The van der Waals surface area contributed by atoms with Gasteiger partial charge in [-0.05, 0) is 124 Å². The van der Waals surface area contributed by atoms with Gasteiger partial charge in [-0.25, -0.2) is 39.3 Å². The third-order valence-corrected chi connectivity index (χ3v) is 16.8. The fourth-order valence-electron chi connectivity index (χ4n) is 10.6. The van der Waals surface area contributed by atoms with Crippen LogP contribution < -0.4 is 44.2 Å². The molecule has 8 aromatic rings. The third kappa shape index (κ3) is 24.7. The van der Waals surface area contributed by atoms with Crippen molar-refractivity contribution in [3.8, 4) is 0 Å². The largest absolute Gasteiger partial charge is 0.368 e. The zero-order chi connectivity index (χ0) is 69.2. The van der Waals surface area contributed by atoms with Crippen LogP contribution in [0.1, 0.15) is 218 Å². The number of nitrogens with one attached hydrogen (secondary N) is 4. The van der Waals surface area contributed by atoms with Crippen LogP contribution in [-0.2, 0) is 14.4 Å². The van der Waals surface area contributed by atoms with E-state index in [1.165, 1.54) is 12.5 Å². The van der Waals surface area contributed by atoms with E-state index in [4.69, 9.17) is 46.1 Å². The van der Waals surface area contributed by atoms with Gasteiger partial charge in [0.2, 0.25) is 23.8 Å². The van der Waals surface area contributed by atoms with Crippen molar-refractivity contribution in [1.82, 2.24) is 59.8 Å². The van der Waals surface area contributed by atoms with Crippen molar-refractivity contribution in [2.24, 2.45) is 0 Å². The lowest BCUT2D eigenvalue weighted by Gasteiger charge is -2.32. The second-order valence-corrected chi connectivity index (χ2v) is 26.4. The Morgan fingerprint density at radius 1 is 0.426 bits per heavy atom. The predicted molar refractivity (Wildman–Crippen MR) is 382 cm³/mol.